The Morgan fingerprint density at radius 3 is 2.82 bits per heavy atom. The lowest BCUT2D eigenvalue weighted by Gasteiger charge is -2.08. The summed E-state index contributed by atoms with van der Waals surface area (Å²) in [5.41, 5.74) is 0. The minimum Gasteiger partial charge on any atom is -0.316 e. The monoisotopic (exact) mass is 155 g/mol. The van der Waals surface area contributed by atoms with Crippen molar-refractivity contribution in [2.24, 2.45) is 11.8 Å². The van der Waals surface area contributed by atoms with Gasteiger partial charge in [-0.2, -0.15) is 0 Å². The van der Waals surface area contributed by atoms with Crippen LogP contribution >= 0.6 is 0 Å². The Balaban J connectivity index is 1.94. The van der Waals surface area contributed by atoms with E-state index in [2.05, 4.69) is 19.2 Å². The van der Waals surface area contributed by atoms with E-state index < -0.39 is 0 Å². The molecule has 0 bridgehead atoms. The molecular formula is C10H21N. The minimum atomic E-state index is 0.893. The van der Waals surface area contributed by atoms with E-state index in [0.717, 1.165) is 11.8 Å². The Kier molecular flexibility index (Phi) is 3.92. The van der Waals surface area contributed by atoms with Gasteiger partial charge in [0, 0.05) is 0 Å². The van der Waals surface area contributed by atoms with Crippen LogP contribution in [0.1, 0.15) is 39.5 Å². The van der Waals surface area contributed by atoms with Gasteiger partial charge in [-0.15, -0.1) is 0 Å². The standard InChI is InChI=1S/C10H21N/c1-9(2)4-3-5-10-6-7-11-8-10/h9-11H,3-8H2,1-2H3/t10-/m1/s1. The van der Waals surface area contributed by atoms with Crippen LogP contribution in [-0.2, 0) is 0 Å². The molecule has 1 aliphatic rings. The Bertz CT molecular complexity index is 93.0. The first-order valence-electron chi connectivity index (χ1n) is 4.99. The molecule has 0 aliphatic carbocycles. The van der Waals surface area contributed by atoms with Crippen LogP contribution in [-0.4, -0.2) is 13.1 Å². The molecule has 0 aromatic heterocycles. The zero-order chi connectivity index (χ0) is 8.10. The number of nitrogens with one attached hydrogen (secondary N) is 1. The summed E-state index contributed by atoms with van der Waals surface area (Å²) in [6.45, 7) is 7.16. The van der Waals surface area contributed by atoms with E-state index in [1.165, 1.54) is 38.8 Å². The van der Waals surface area contributed by atoms with Crippen LogP contribution in [0.3, 0.4) is 0 Å². The van der Waals surface area contributed by atoms with Crippen molar-refractivity contribution in [1.82, 2.24) is 5.32 Å². The molecule has 1 saturated heterocycles. The van der Waals surface area contributed by atoms with Crippen LogP contribution < -0.4 is 5.32 Å². The van der Waals surface area contributed by atoms with E-state index in [4.69, 9.17) is 0 Å². The molecule has 1 heterocycles. The number of rotatable bonds is 4. The summed E-state index contributed by atoms with van der Waals surface area (Å²) in [6.07, 6.45) is 5.71. The van der Waals surface area contributed by atoms with Gasteiger partial charge < -0.3 is 5.32 Å². The maximum Gasteiger partial charge on any atom is -0.00200 e. The molecule has 0 amide bonds. The third-order valence-electron chi connectivity index (χ3n) is 2.56. The summed E-state index contributed by atoms with van der Waals surface area (Å²) in [4.78, 5) is 0. The Labute approximate surface area is 70.6 Å². The fourth-order valence-electron chi connectivity index (χ4n) is 1.78. The van der Waals surface area contributed by atoms with E-state index in [1.54, 1.807) is 0 Å². The molecule has 0 unspecified atom stereocenters. The lowest BCUT2D eigenvalue weighted by molar-refractivity contribution is 0.457. The van der Waals surface area contributed by atoms with Gasteiger partial charge in [-0.25, -0.2) is 0 Å². The molecule has 0 aromatic rings. The Hall–Kier alpha value is -0.0400. The maximum absolute atomic E-state index is 3.41. The summed E-state index contributed by atoms with van der Waals surface area (Å²) >= 11 is 0. The van der Waals surface area contributed by atoms with Crippen molar-refractivity contribution >= 4 is 0 Å². The molecular weight excluding hydrogens is 134 g/mol. The fraction of sp³-hybridized carbons (Fsp3) is 1.00. The predicted octanol–water partition coefficient (Wildman–Crippen LogP) is 2.42. The van der Waals surface area contributed by atoms with Gasteiger partial charge in [-0.3, -0.25) is 0 Å². The molecule has 0 saturated carbocycles. The third kappa shape index (κ3) is 3.76. The molecule has 0 aromatic carbocycles. The van der Waals surface area contributed by atoms with Gasteiger partial charge in [0.1, 0.15) is 0 Å². The second-order valence-electron chi connectivity index (χ2n) is 4.18. The molecule has 1 nitrogen and oxygen atoms in total. The van der Waals surface area contributed by atoms with Gasteiger partial charge in [-0.1, -0.05) is 26.7 Å². The van der Waals surface area contributed by atoms with Gasteiger partial charge in [0.25, 0.3) is 0 Å². The highest BCUT2D eigenvalue weighted by atomic mass is 14.9. The average molecular weight is 155 g/mol. The quantitative estimate of drug-likeness (QED) is 0.657. The van der Waals surface area contributed by atoms with Crippen molar-refractivity contribution in [2.45, 2.75) is 39.5 Å². The van der Waals surface area contributed by atoms with E-state index >= 15 is 0 Å². The van der Waals surface area contributed by atoms with Crippen LogP contribution in [0.2, 0.25) is 0 Å². The minimum absolute atomic E-state index is 0.893. The van der Waals surface area contributed by atoms with Crippen LogP contribution in [0.15, 0.2) is 0 Å². The first-order valence-corrected chi connectivity index (χ1v) is 4.99. The van der Waals surface area contributed by atoms with Gasteiger partial charge in [-0.05, 0) is 37.8 Å². The molecule has 0 spiro atoms. The van der Waals surface area contributed by atoms with Crippen molar-refractivity contribution in [1.29, 1.82) is 0 Å². The molecule has 1 N–H and O–H groups in total. The first-order chi connectivity index (χ1) is 5.29. The zero-order valence-corrected chi connectivity index (χ0v) is 7.90. The SMILES string of the molecule is CC(C)CCC[C@@H]1CCNC1. The summed E-state index contributed by atoms with van der Waals surface area (Å²) in [5, 5.41) is 3.41. The van der Waals surface area contributed by atoms with Gasteiger partial charge in [0.15, 0.2) is 0 Å². The zero-order valence-electron chi connectivity index (χ0n) is 7.90. The molecule has 0 radical (unpaired) electrons. The summed E-state index contributed by atoms with van der Waals surface area (Å²) in [6, 6.07) is 0. The van der Waals surface area contributed by atoms with E-state index in [1.807, 2.05) is 0 Å². The fourth-order valence-corrected chi connectivity index (χ4v) is 1.78. The number of hydrogen-bond donors (Lipinski definition) is 1. The largest absolute Gasteiger partial charge is 0.316 e. The second-order valence-corrected chi connectivity index (χ2v) is 4.18. The van der Waals surface area contributed by atoms with Gasteiger partial charge in [0.05, 0.1) is 0 Å². The molecule has 1 heteroatoms. The molecule has 11 heavy (non-hydrogen) atoms. The molecule has 66 valence electrons. The highest BCUT2D eigenvalue weighted by molar-refractivity contribution is 4.70. The van der Waals surface area contributed by atoms with Crippen molar-refractivity contribution in [3.63, 3.8) is 0 Å². The summed E-state index contributed by atoms with van der Waals surface area (Å²) in [5.74, 6) is 1.89. The van der Waals surface area contributed by atoms with Crippen LogP contribution in [0, 0.1) is 11.8 Å². The van der Waals surface area contributed by atoms with Crippen LogP contribution in [0.4, 0.5) is 0 Å². The van der Waals surface area contributed by atoms with E-state index in [-0.39, 0.29) is 0 Å². The smallest absolute Gasteiger partial charge is 0.00200 e. The predicted molar refractivity (Wildman–Crippen MR) is 49.7 cm³/mol. The summed E-state index contributed by atoms with van der Waals surface area (Å²) in [7, 11) is 0. The van der Waals surface area contributed by atoms with Crippen molar-refractivity contribution in [2.75, 3.05) is 13.1 Å². The third-order valence-corrected chi connectivity index (χ3v) is 2.56. The van der Waals surface area contributed by atoms with Crippen LogP contribution in [0.25, 0.3) is 0 Å². The normalized spacial score (nSPS) is 24.8. The van der Waals surface area contributed by atoms with Crippen molar-refractivity contribution in [3.8, 4) is 0 Å². The van der Waals surface area contributed by atoms with Gasteiger partial charge >= 0.3 is 0 Å². The first kappa shape index (κ1) is 9.05. The lowest BCUT2D eigenvalue weighted by Crippen LogP contribution is -2.08. The van der Waals surface area contributed by atoms with Crippen molar-refractivity contribution in [3.05, 3.63) is 0 Å². The second kappa shape index (κ2) is 4.76. The topological polar surface area (TPSA) is 12.0 Å². The maximum atomic E-state index is 3.41. The van der Waals surface area contributed by atoms with Crippen molar-refractivity contribution < 1.29 is 0 Å². The summed E-state index contributed by atoms with van der Waals surface area (Å²) < 4.78 is 0. The Morgan fingerprint density at radius 1 is 1.45 bits per heavy atom. The molecule has 1 atom stereocenters. The van der Waals surface area contributed by atoms with Crippen LogP contribution in [0.5, 0.6) is 0 Å². The van der Waals surface area contributed by atoms with Gasteiger partial charge in [0.2, 0.25) is 0 Å². The lowest BCUT2D eigenvalue weighted by atomic mass is 9.98. The molecule has 1 fully saturated rings. The highest BCUT2D eigenvalue weighted by Gasteiger charge is 2.13. The molecule has 1 aliphatic heterocycles. The average Bonchev–Trinajstić information content (AvgIpc) is 2.39. The number of hydrogen-bond acceptors (Lipinski definition) is 1. The highest BCUT2D eigenvalue weighted by Crippen LogP contribution is 2.17. The Morgan fingerprint density at radius 2 is 2.27 bits per heavy atom. The molecule has 1 rings (SSSR count). The van der Waals surface area contributed by atoms with E-state index in [0.29, 0.717) is 0 Å². The van der Waals surface area contributed by atoms with E-state index in [9.17, 15) is 0 Å².